The minimum atomic E-state index is -1.37. The highest BCUT2D eigenvalue weighted by atomic mass is 16.5. The van der Waals surface area contributed by atoms with E-state index in [0.717, 1.165) is 42.1 Å². The second-order valence-electron chi connectivity index (χ2n) is 6.81. The molecule has 0 radical (unpaired) electrons. The summed E-state index contributed by atoms with van der Waals surface area (Å²) < 4.78 is 10.2. The topological polar surface area (TPSA) is 105 Å². The zero-order valence-electron chi connectivity index (χ0n) is 16.9. The molecule has 0 saturated heterocycles. The third kappa shape index (κ3) is 4.45. The van der Waals surface area contributed by atoms with Gasteiger partial charge in [0.2, 0.25) is 11.8 Å². The van der Waals surface area contributed by atoms with Gasteiger partial charge in [0.15, 0.2) is 6.04 Å². The molecule has 1 aliphatic carbocycles. The molecule has 0 aromatic heterocycles. The van der Waals surface area contributed by atoms with Gasteiger partial charge in [-0.25, -0.2) is 19.6 Å². The van der Waals surface area contributed by atoms with E-state index in [1.54, 1.807) is 13.8 Å². The van der Waals surface area contributed by atoms with Gasteiger partial charge in [-0.05, 0) is 26.7 Å². The average molecular weight is 395 g/mol. The molecule has 0 aromatic carbocycles. The van der Waals surface area contributed by atoms with E-state index in [-0.39, 0.29) is 30.6 Å². The van der Waals surface area contributed by atoms with Crippen LogP contribution in [0.4, 0.5) is 0 Å². The van der Waals surface area contributed by atoms with E-state index in [9.17, 15) is 19.2 Å². The van der Waals surface area contributed by atoms with Crippen molar-refractivity contribution in [1.82, 2.24) is 15.3 Å². The summed E-state index contributed by atoms with van der Waals surface area (Å²) in [5.74, 6) is -2.47. The summed E-state index contributed by atoms with van der Waals surface area (Å²) in [7, 11) is 0. The van der Waals surface area contributed by atoms with Gasteiger partial charge in [0.25, 0.3) is 0 Å². The van der Waals surface area contributed by atoms with Crippen molar-refractivity contribution in [2.24, 2.45) is 0 Å². The first-order valence-electron chi connectivity index (χ1n) is 9.78. The van der Waals surface area contributed by atoms with Crippen LogP contribution < -0.4 is 5.32 Å². The molecular weight excluding hydrogens is 366 g/mol. The van der Waals surface area contributed by atoms with Crippen LogP contribution in [0.1, 0.15) is 59.8 Å². The van der Waals surface area contributed by atoms with Gasteiger partial charge in [-0.15, -0.1) is 0 Å². The maximum absolute atomic E-state index is 12.7. The summed E-state index contributed by atoms with van der Waals surface area (Å²) in [4.78, 5) is 50.2. The Hall–Kier alpha value is -2.58. The highest BCUT2D eigenvalue weighted by molar-refractivity contribution is 6.02. The summed E-state index contributed by atoms with van der Waals surface area (Å²) in [5, 5.41) is 5.26. The van der Waals surface area contributed by atoms with Crippen LogP contribution in [0.2, 0.25) is 0 Å². The minimum absolute atomic E-state index is 0.0322. The first kappa shape index (κ1) is 21.7. The van der Waals surface area contributed by atoms with E-state index in [4.69, 9.17) is 9.47 Å². The maximum Gasteiger partial charge on any atom is 0.340 e. The van der Waals surface area contributed by atoms with Gasteiger partial charge < -0.3 is 14.8 Å². The molecule has 1 aliphatic heterocycles. The van der Waals surface area contributed by atoms with Crippen LogP contribution in [0.15, 0.2) is 11.4 Å². The van der Waals surface area contributed by atoms with Gasteiger partial charge in [-0.1, -0.05) is 19.3 Å². The molecule has 1 fully saturated rings. The van der Waals surface area contributed by atoms with Crippen molar-refractivity contribution in [2.45, 2.75) is 71.9 Å². The zero-order valence-corrected chi connectivity index (χ0v) is 16.9. The number of hydrogen-bond donors (Lipinski definition) is 1. The quantitative estimate of drug-likeness (QED) is 0.675. The normalized spacial score (nSPS) is 20.2. The fourth-order valence-electron chi connectivity index (χ4n) is 3.66. The number of esters is 2. The number of nitrogens with zero attached hydrogens (tertiary/aromatic N) is 2. The number of hydrazine groups is 1. The van der Waals surface area contributed by atoms with Crippen LogP contribution in [0.25, 0.3) is 0 Å². The van der Waals surface area contributed by atoms with Crippen molar-refractivity contribution < 1.29 is 28.7 Å². The summed E-state index contributed by atoms with van der Waals surface area (Å²) in [6.07, 6.45) is 4.92. The van der Waals surface area contributed by atoms with E-state index in [2.05, 4.69) is 5.32 Å². The monoisotopic (exact) mass is 395 g/mol. The summed E-state index contributed by atoms with van der Waals surface area (Å²) in [6, 6.07) is -1.34. The lowest BCUT2D eigenvalue weighted by Gasteiger charge is -2.33. The Kier molecular flexibility index (Phi) is 7.42. The van der Waals surface area contributed by atoms with Crippen molar-refractivity contribution in [3.63, 3.8) is 0 Å². The second-order valence-corrected chi connectivity index (χ2v) is 6.81. The van der Waals surface area contributed by atoms with Crippen molar-refractivity contribution in [1.29, 1.82) is 0 Å². The van der Waals surface area contributed by atoms with Gasteiger partial charge >= 0.3 is 11.9 Å². The van der Waals surface area contributed by atoms with Crippen molar-refractivity contribution in [3.05, 3.63) is 11.4 Å². The Labute approximate surface area is 165 Å². The SMILES string of the molecule is CCOC(=O)C1=C(NC2CCCCC2)N(C(C)=O)N(C(C)=O)C1C(=O)OCC. The van der Waals surface area contributed by atoms with Crippen molar-refractivity contribution in [2.75, 3.05) is 13.2 Å². The molecule has 0 spiro atoms. The minimum Gasteiger partial charge on any atom is -0.464 e. The van der Waals surface area contributed by atoms with Crippen molar-refractivity contribution in [3.8, 4) is 0 Å². The van der Waals surface area contributed by atoms with E-state index >= 15 is 0 Å². The largest absolute Gasteiger partial charge is 0.464 e. The summed E-state index contributed by atoms with van der Waals surface area (Å²) in [5.41, 5.74) is -0.0729. The van der Waals surface area contributed by atoms with Gasteiger partial charge in [0.1, 0.15) is 11.4 Å². The first-order chi connectivity index (χ1) is 13.3. The fraction of sp³-hybridized carbons (Fsp3) is 0.684. The number of ether oxygens (including phenoxy) is 2. The predicted molar refractivity (Wildman–Crippen MR) is 99.1 cm³/mol. The summed E-state index contributed by atoms with van der Waals surface area (Å²) >= 11 is 0. The third-order valence-electron chi connectivity index (χ3n) is 4.77. The van der Waals surface area contributed by atoms with Crippen LogP contribution in [0.3, 0.4) is 0 Å². The fourth-order valence-corrected chi connectivity index (χ4v) is 3.66. The van der Waals surface area contributed by atoms with Crippen LogP contribution >= 0.6 is 0 Å². The van der Waals surface area contributed by atoms with E-state index in [1.807, 2.05) is 0 Å². The molecule has 9 nitrogen and oxygen atoms in total. The molecule has 2 rings (SSSR count). The number of hydrogen-bond acceptors (Lipinski definition) is 7. The molecule has 1 atom stereocenters. The van der Waals surface area contributed by atoms with E-state index in [0.29, 0.717) is 0 Å². The Morgan fingerprint density at radius 3 is 2.07 bits per heavy atom. The molecular formula is C19H29N3O6. The number of amides is 2. The molecule has 0 bridgehead atoms. The van der Waals surface area contributed by atoms with Crippen molar-refractivity contribution >= 4 is 23.8 Å². The second kappa shape index (κ2) is 9.57. The maximum atomic E-state index is 12.7. The number of carbonyl (C=O) groups is 4. The van der Waals surface area contributed by atoms with Gasteiger partial charge in [0.05, 0.1) is 13.2 Å². The molecule has 0 aromatic rings. The highest BCUT2D eigenvalue weighted by Gasteiger charge is 2.51. The van der Waals surface area contributed by atoms with Gasteiger partial charge in [-0.2, -0.15) is 0 Å². The lowest BCUT2D eigenvalue weighted by Crippen LogP contribution is -2.53. The Balaban J connectivity index is 2.57. The molecule has 1 N–H and O–H groups in total. The molecule has 28 heavy (non-hydrogen) atoms. The zero-order chi connectivity index (χ0) is 20.8. The number of carbonyl (C=O) groups excluding carboxylic acids is 4. The van der Waals surface area contributed by atoms with E-state index in [1.165, 1.54) is 13.8 Å². The van der Waals surface area contributed by atoms with E-state index < -0.39 is 29.8 Å². The molecule has 1 heterocycles. The Bertz CT molecular complexity index is 669. The Morgan fingerprint density at radius 1 is 0.964 bits per heavy atom. The molecule has 156 valence electrons. The average Bonchev–Trinajstić information content (AvgIpc) is 2.98. The Morgan fingerprint density at radius 2 is 1.57 bits per heavy atom. The highest BCUT2D eigenvalue weighted by Crippen LogP contribution is 2.32. The third-order valence-corrected chi connectivity index (χ3v) is 4.77. The predicted octanol–water partition coefficient (Wildman–Crippen LogP) is 1.24. The molecule has 1 saturated carbocycles. The lowest BCUT2D eigenvalue weighted by atomic mass is 9.95. The smallest absolute Gasteiger partial charge is 0.340 e. The van der Waals surface area contributed by atoms with Crippen LogP contribution in [-0.2, 0) is 28.7 Å². The van der Waals surface area contributed by atoms with Gasteiger partial charge in [0, 0.05) is 19.9 Å². The van der Waals surface area contributed by atoms with Gasteiger partial charge in [-0.3, -0.25) is 9.59 Å². The van der Waals surface area contributed by atoms with Crippen LogP contribution in [0, 0.1) is 0 Å². The molecule has 9 heteroatoms. The molecule has 1 unspecified atom stereocenters. The van der Waals surface area contributed by atoms with Crippen LogP contribution in [-0.4, -0.2) is 59.1 Å². The summed E-state index contributed by atoms with van der Waals surface area (Å²) in [6.45, 7) is 5.94. The van der Waals surface area contributed by atoms with Crippen LogP contribution in [0.5, 0.6) is 0 Å². The number of rotatable bonds is 6. The molecule has 2 aliphatic rings. The molecule has 2 amide bonds. The first-order valence-corrected chi connectivity index (χ1v) is 9.78. The lowest BCUT2D eigenvalue weighted by molar-refractivity contribution is -0.167. The number of nitrogens with one attached hydrogen (secondary N) is 1. The standard InChI is InChI=1S/C19H29N3O6/c1-5-27-18(25)15-16(19(26)28-6-2)21(12(3)23)22(13(4)24)17(15)20-14-10-8-7-9-11-14/h14,16,20H,5-11H2,1-4H3.